The Bertz CT molecular complexity index is 998. The molecule has 0 fully saturated rings. The second kappa shape index (κ2) is 9.05. The number of benzene rings is 2. The van der Waals surface area contributed by atoms with Crippen molar-refractivity contribution in [1.29, 1.82) is 0 Å². The van der Waals surface area contributed by atoms with Gasteiger partial charge in [-0.05, 0) is 45.9 Å². The number of ether oxygens (including phenoxy) is 2. The van der Waals surface area contributed by atoms with Gasteiger partial charge in [-0.3, -0.25) is 10.1 Å². The number of nitrogens with one attached hydrogen (secondary N) is 1. The highest BCUT2D eigenvalue weighted by Gasteiger charge is 2.14. The van der Waals surface area contributed by atoms with Crippen molar-refractivity contribution >= 4 is 22.4 Å². The lowest BCUT2D eigenvalue weighted by atomic mass is 10.2. The standard InChI is InChI=1S/C22H23FN2O3S/c1-13(2)28-19-10-17(21(26)25-22-24-14(3)15(4)29-22)9-18(11-19)27-12-16-7-5-6-8-20(16)23/h5-11,13H,12H2,1-4H3,(H,24,25,26). The van der Waals surface area contributed by atoms with E-state index in [2.05, 4.69) is 10.3 Å². The predicted molar refractivity (Wildman–Crippen MR) is 112 cm³/mol. The van der Waals surface area contributed by atoms with Crippen molar-refractivity contribution in [3.8, 4) is 11.5 Å². The lowest BCUT2D eigenvalue weighted by Crippen LogP contribution is -2.13. The first kappa shape index (κ1) is 20.8. The average Bonchev–Trinajstić information content (AvgIpc) is 2.97. The van der Waals surface area contributed by atoms with E-state index in [0.717, 1.165) is 10.6 Å². The number of carbonyl (C=O) groups excluding carboxylic acids is 1. The van der Waals surface area contributed by atoms with Crippen LogP contribution in [-0.2, 0) is 6.61 Å². The Morgan fingerprint density at radius 1 is 1.17 bits per heavy atom. The largest absolute Gasteiger partial charge is 0.491 e. The van der Waals surface area contributed by atoms with Crippen molar-refractivity contribution < 1.29 is 18.7 Å². The topological polar surface area (TPSA) is 60.5 Å². The fraction of sp³-hybridized carbons (Fsp3) is 0.273. The number of hydrogen-bond donors (Lipinski definition) is 1. The number of carbonyl (C=O) groups is 1. The third kappa shape index (κ3) is 5.54. The van der Waals surface area contributed by atoms with Crippen LogP contribution in [0, 0.1) is 19.7 Å². The monoisotopic (exact) mass is 414 g/mol. The van der Waals surface area contributed by atoms with Crippen molar-refractivity contribution in [2.24, 2.45) is 0 Å². The van der Waals surface area contributed by atoms with Crippen LogP contribution in [0.25, 0.3) is 0 Å². The third-order valence-corrected chi connectivity index (χ3v) is 5.10. The van der Waals surface area contributed by atoms with Gasteiger partial charge < -0.3 is 9.47 Å². The summed E-state index contributed by atoms with van der Waals surface area (Å²) in [5, 5.41) is 3.34. The van der Waals surface area contributed by atoms with Gasteiger partial charge in [-0.1, -0.05) is 18.2 Å². The van der Waals surface area contributed by atoms with Gasteiger partial charge in [0.1, 0.15) is 23.9 Å². The molecule has 0 atom stereocenters. The van der Waals surface area contributed by atoms with E-state index in [1.807, 2.05) is 27.7 Å². The summed E-state index contributed by atoms with van der Waals surface area (Å²) in [5.74, 6) is 0.268. The maximum Gasteiger partial charge on any atom is 0.257 e. The van der Waals surface area contributed by atoms with Gasteiger partial charge in [0.2, 0.25) is 0 Å². The summed E-state index contributed by atoms with van der Waals surface area (Å²) in [5.41, 5.74) is 1.69. The van der Waals surface area contributed by atoms with Crippen LogP contribution in [0.4, 0.5) is 9.52 Å². The summed E-state index contributed by atoms with van der Waals surface area (Å²) in [7, 11) is 0. The maximum atomic E-state index is 13.9. The molecular weight excluding hydrogens is 391 g/mol. The summed E-state index contributed by atoms with van der Waals surface area (Å²) in [4.78, 5) is 18.1. The minimum Gasteiger partial charge on any atom is -0.491 e. The minimum absolute atomic E-state index is 0.0454. The number of rotatable bonds is 7. The molecule has 7 heteroatoms. The number of anilines is 1. The number of halogens is 1. The molecule has 1 aromatic heterocycles. The average molecular weight is 415 g/mol. The van der Waals surface area contributed by atoms with E-state index in [0.29, 0.717) is 27.8 Å². The zero-order valence-electron chi connectivity index (χ0n) is 16.8. The molecule has 0 bridgehead atoms. The van der Waals surface area contributed by atoms with Crippen LogP contribution >= 0.6 is 11.3 Å². The molecule has 0 spiro atoms. The SMILES string of the molecule is Cc1nc(NC(=O)c2cc(OCc3ccccc3F)cc(OC(C)C)c2)sc1C. The first-order valence-corrected chi connectivity index (χ1v) is 10.1. The molecule has 0 radical (unpaired) electrons. The van der Waals surface area contributed by atoms with Crippen molar-refractivity contribution in [2.75, 3.05) is 5.32 Å². The molecule has 0 aliphatic heterocycles. The molecule has 152 valence electrons. The van der Waals surface area contributed by atoms with Gasteiger partial charge in [-0.2, -0.15) is 0 Å². The predicted octanol–water partition coefficient (Wildman–Crippen LogP) is 5.52. The lowest BCUT2D eigenvalue weighted by molar-refractivity contribution is 0.102. The van der Waals surface area contributed by atoms with E-state index in [-0.39, 0.29) is 24.4 Å². The normalized spacial score (nSPS) is 10.8. The van der Waals surface area contributed by atoms with E-state index in [4.69, 9.17) is 9.47 Å². The smallest absolute Gasteiger partial charge is 0.257 e. The van der Waals surface area contributed by atoms with Crippen molar-refractivity contribution in [3.63, 3.8) is 0 Å². The Kier molecular flexibility index (Phi) is 6.49. The highest BCUT2D eigenvalue weighted by atomic mass is 32.1. The molecule has 1 N–H and O–H groups in total. The Hall–Kier alpha value is -2.93. The zero-order chi connectivity index (χ0) is 21.0. The quantitative estimate of drug-likeness (QED) is 0.553. The van der Waals surface area contributed by atoms with E-state index in [9.17, 15) is 9.18 Å². The highest BCUT2D eigenvalue weighted by molar-refractivity contribution is 7.15. The molecule has 0 saturated carbocycles. The first-order valence-electron chi connectivity index (χ1n) is 9.25. The summed E-state index contributed by atoms with van der Waals surface area (Å²) in [6.45, 7) is 7.69. The molecule has 5 nitrogen and oxygen atoms in total. The lowest BCUT2D eigenvalue weighted by Gasteiger charge is -2.14. The van der Waals surface area contributed by atoms with Gasteiger partial charge in [0.25, 0.3) is 5.91 Å². The van der Waals surface area contributed by atoms with Crippen molar-refractivity contribution in [1.82, 2.24) is 4.98 Å². The Balaban J connectivity index is 1.82. The zero-order valence-corrected chi connectivity index (χ0v) is 17.6. The number of amides is 1. The molecular formula is C22H23FN2O3S. The molecule has 3 rings (SSSR count). The third-order valence-electron chi connectivity index (χ3n) is 4.12. The van der Waals surface area contributed by atoms with Crippen LogP contribution in [0.5, 0.6) is 11.5 Å². The summed E-state index contributed by atoms with van der Waals surface area (Å²) >= 11 is 1.42. The number of hydrogen-bond acceptors (Lipinski definition) is 5. The molecule has 29 heavy (non-hydrogen) atoms. The molecule has 3 aromatic rings. The van der Waals surface area contributed by atoms with E-state index in [1.54, 1.807) is 36.4 Å². The number of thiazole rings is 1. The number of nitrogens with zero attached hydrogens (tertiary/aromatic N) is 1. The van der Waals surface area contributed by atoms with Gasteiger partial charge in [0, 0.05) is 22.1 Å². The van der Waals surface area contributed by atoms with Gasteiger partial charge >= 0.3 is 0 Å². The van der Waals surface area contributed by atoms with Gasteiger partial charge in [0.15, 0.2) is 5.13 Å². The summed E-state index contributed by atoms with van der Waals surface area (Å²) in [6, 6.07) is 11.4. The molecule has 1 heterocycles. The highest BCUT2D eigenvalue weighted by Crippen LogP contribution is 2.27. The van der Waals surface area contributed by atoms with Crippen LogP contribution in [0.15, 0.2) is 42.5 Å². The summed E-state index contributed by atoms with van der Waals surface area (Å²) in [6.07, 6.45) is -0.0722. The molecule has 0 aliphatic rings. The van der Waals surface area contributed by atoms with E-state index < -0.39 is 0 Å². The first-order chi connectivity index (χ1) is 13.8. The van der Waals surface area contributed by atoms with Crippen LogP contribution in [0.2, 0.25) is 0 Å². The molecule has 1 amide bonds. The maximum absolute atomic E-state index is 13.9. The van der Waals surface area contributed by atoms with Crippen LogP contribution < -0.4 is 14.8 Å². The van der Waals surface area contributed by atoms with Crippen molar-refractivity contribution in [3.05, 3.63) is 70.0 Å². The Morgan fingerprint density at radius 3 is 2.55 bits per heavy atom. The molecule has 0 saturated heterocycles. The minimum atomic E-state index is -0.338. The van der Waals surface area contributed by atoms with E-state index in [1.165, 1.54) is 17.4 Å². The molecule has 0 aliphatic carbocycles. The Morgan fingerprint density at radius 2 is 1.90 bits per heavy atom. The fourth-order valence-corrected chi connectivity index (χ4v) is 3.41. The Labute approximate surface area is 173 Å². The van der Waals surface area contributed by atoms with Gasteiger partial charge in [-0.15, -0.1) is 11.3 Å². The summed E-state index contributed by atoms with van der Waals surface area (Å²) < 4.78 is 25.3. The molecule has 2 aromatic carbocycles. The van der Waals surface area contributed by atoms with Crippen LogP contribution in [0.1, 0.15) is 40.3 Å². The second-order valence-corrected chi connectivity index (χ2v) is 8.06. The van der Waals surface area contributed by atoms with Crippen molar-refractivity contribution in [2.45, 2.75) is 40.4 Å². The number of aryl methyl sites for hydroxylation is 2. The fourth-order valence-electron chi connectivity index (χ4n) is 2.60. The number of aromatic nitrogens is 1. The molecule has 0 unspecified atom stereocenters. The second-order valence-electron chi connectivity index (χ2n) is 6.85. The van der Waals surface area contributed by atoms with Crippen LogP contribution in [-0.4, -0.2) is 17.0 Å². The van der Waals surface area contributed by atoms with E-state index >= 15 is 0 Å². The van der Waals surface area contributed by atoms with Crippen LogP contribution in [0.3, 0.4) is 0 Å². The van der Waals surface area contributed by atoms with Gasteiger partial charge in [0.05, 0.1) is 11.8 Å². The van der Waals surface area contributed by atoms with Gasteiger partial charge in [-0.25, -0.2) is 9.37 Å².